The number of hydrogen-bond donors (Lipinski definition) is 1. The number of aromatic nitrogens is 2. The molecule has 2 aromatic heterocycles. The van der Waals surface area contributed by atoms with Gasteiger partial charge in [0.2, 0.25) is 5.88 Å². The topological polar surface area (TPSA) is 61.0 Å². The maximum atomic E-state index is 5.54. The molecule has 0 aliphatic carbocycles. The van der Waals surface area contributed by atoms with Crippen molar-refractivity contribution in [3.8, 4) is 11.6 Å². The minimum atomic E-state index is 0.468. The summed E-state index contributed by atoms with van der Waals surface area (Å²) in [6.45, 7) is 0.468. The Labute approximate surface area is 102 Å². The van der Waals surface area contributed by atoms with Gasteiger partial charge in [0, 0.05) is 29.5 Å². The molecule has 4 nitrogen and oxygen atoms in total. The molecule has 0 saturated heterocycles. The largest absolute Gasteiger partial charge is 0.437 e. The minimum absolute atomic E-state index is 0.468. The lowest BCUT2D eigenvalue weighted by atomic mass is 10.3. The normalized spacial score (nSPS) is 10.1. The van der Waals surface area contributed by atoms with Crippen LogP contribution in [0.25, 0.3) is 0 Å². The van der Waals surface area contributed by atoms with Gasteiger partial charge in [-0.05, 0) is 33.6 Å². The number of halogens is 1. The summed E-state index contributed by atoms with van der Waals surface area (Å²) in [4.78, 5) is 8.09. The number of hydrogen-bond acceptors (Lipinski definition) is 4. The molecule has 82 valence electrons. The molecule has 0 aliphatic heterocycles. The summed E-state index contributed by atoms with van der Waals surface area (Å²) in [5, 5.41) is 0. The molecule has 0 saturated carbocycles. The molecular formula is C11H10BrN3O. The molecule has 0 amide bonds. The van der Waals surface area contributed by atoms with Crippen molar-refractivity contribution in [3.05, 3.63) is 46.8 Å². The number of nitrogens with two attached hydrogens (primary N) is 1. The summed E-state index contributed by atoms with van der Waals surface area (Å²) >= 11 is 3.32. The Hall–Kier alpha value is -1.46. The first kappa shape index (κ1) is 11.0. The Balaban J connectivity index is 2.20. The van der Waals surface area contributed by atoms with Gasteiger partial charge in [-0.1, -0.05) is 0 Å². The lowest BCUT2D eigenvalue weighted by molar-refractivity contribution is 0.459. The van der Waals surface area contributed by atoms with E-state index in [1.165, 1.54) is 0 Å². The highest BCUT2D eigenvalue weighted by molar-refractivity contribution is 9.10. The van der Waals surface area contributed by atoms with Gasteiger partial charge < -0.3 is 10.5 Å². The number of pyridine rings is 2. The van der Waals surface area contributed by atoms with Crippen molar-refractivity contribution in [2.24, 2.45) is 5.73 Å². The highest BCUT2D eigenvalue weighted by Gasteiger charge is 2.00. The summed E-state index contributed by atoms with van der Waals surface area (Å²) in [7, 11) is 0. The summed E-state index contributed by atoms with van der Waals surface area (Å²) in [5.74, 6) is 1.15. The van der Waals surface area contributed by atoms with Gasteiger partial charge in [-0.25, -0.2) is 4.98 Å². The summed E-state index contributed by atoms with van der Waals surface area (Å²) in [6.07, 6.45) is 4.99. The molecule has 0 atom stereocenters. The molecule has 2 heterocycles. The van der Waals surface area contributed by atoms with Crippen LogP contribution in [0.3, 0.4) is 0 Å². The predicted octanol–water partition coefficient (Wildman–Crippen LogP) is 2.49. The molecule has 0 bridgehead atoms. The molecule has 0 fully saturated rings. The zero-order valence-corrected chi connectivity index (χ0v) is 10.0. The third-order valence-electron chi connectivity index (χ3n) is 1.94. The van der Waals surface area contributed by atoms with Crippen LogP contribution in [0.15, 0.2) is 41.3 Å². The monoisotopic (exact) mass is 279 g/mol. The van der Waals surface area contributed by atoms with E-state index in [4.69, 9.17) is 10.5 Å². The van der Waals surface area contributed by atoms with E-state index in [0.717, 1.165) is 10.0 Å². The molecule has 2 N–H and O–H groups in total. The second kappa shape index (κ2) is 5.05. The molecule has 0 radical (unpaired) electrons. The number of ether oxygens (including phenoxy) is 1. The van der Waals surface area contributed by atoms with Crippen LogP contribution in [0.1, 0.15) is 5.56 Å². The fourth-order valence-corrected chi connectivity index (χ4v) is 1.55. The molecule has 2 rings (SSSR count). The van der Waals surface area contributed by atoms with E-state index in [0.29, 0.717) is 18.2 Å². The first-order valence-corrected chi connectivity index (χ1v) is 5.50. The van der Waals surface area contributed by atoms with Gasteiger partial charge in [0.05, 0.1) is 6.20 Å². The maximum absolute atomic E-state index is 5.54. The van der Waals surface area contributed by atoms with E-state index in [-0.39, 0.29) is 0 Å². The molecule has 0 spiro atoms. The smallest absolute Gasteiger partial charge is 0.219 e. The van der Waals surface area contributed by atoms with Crippen molar-refractivity contribution in [2.45, 2.75) is 6.54 Å². The standard InChI is InChI=1S/C11H10BrN3O/c12-9-4-10(7-14-6-9)16-11-3-8(5-13)1-2-15-11/h1-4,6-7H,5,13H2. The van der Waals surface area contributed by atoms with E-state index in [1.54, 1.807) is 24.7 Å². The van der Waals surface area contributed by atoms with Gasteiger partial charge in [0.1, 0.15) is 5.75 Å². The van der Waals surface area contributed by atoms with Crippen LogP contribution in [0, 0.1) is 0 Å². The van der Waals surface area contributed by atoms with Gasteiger partial charge in [-0.2, -0.15) is 0 Å². The third-order valence-corrected chi connectivity index (χ3v) is 2.37. The highest BCUT2D eigenvalue weighted by atomic mass is 79.9. The fraction of sp³-hybridized carbons (Fsp3) is 0.0909. The van der Waals surface area contributed by atoms with Crippen molar-refractivity contribution < 1.29 is 4.74 Å². The summed E-state index contributed by atoms with van der Waals surface area (Å²) in [6, 6.07) is 5.48. The molecule has 16 heavy (non-hydrogen) atoms. The maximum Gasteiger partial charge on any atom is 0.219 e. The van der Waals surface area contributed by atoms with E-state index in [1.807, 2.05) is 12.1 Å². The van der Waals surface area contributed by atoms with Crippen LogP contribution < -0.4 is 10.5 Å². The van der Waals surface area contributed by atoms with Crippen LogP contribution in [0.4, 0.5) is 0 Å². The van der Waals surface area contributed by atoms with Gasteiger partial charge in [0.15, 0.2) is 0 Å². The van der Waals surface area contributed by atoms with Crippen molar-refractivity contribution >= 4 is 15.9 Å². The van der Waals surface area contributed by atoms with Gasteiger partial charge >= 0.3 is 0 Å². The fourth-order valence-electron chi connectivity index (χ4n) is 1.20. The van der Waals surface area contributed by atoms with E-state index >= 15 is 0 Å². The molecular weight excluding hydrogens is 270 g/mol. The Morgan fingerprint density at radius 2 is 2.19 bits per heavy atom. The summed E-state index contributed by atoms with van der Waals surface area (Å²) in [5.41, 5.74) is 6.51. The quantitative estimate of drug-likeness (QED) is 0.938. The molecule has 2 aromatic rings. The molecule has 0 aromatic carbocycles. The van der Waals surface area contributed by atoms with Crippen LogP contribution in [0.5, 0.6) is 11.6 Å². The van der Waals surface area contributed by atoms with E-state index < -0.39 is 0 Å². The Bertz CT molecular complexity index is 490. The molecule has 5 heteroatoms. The van der Waals surface area contributed by atoms with Crippen molar-refractivity contribution in [1.82, 2.24) is 9.97 Å². The predicted molar refractivity (Wildman–Crippen MR) is 64.1 cm³/mol. The van der Waals surface area contributed by atoms with E-state index in [9.17, 15) is 0 Å². The van der Waals surface area contributed by atoms with Crippen LogP contribution in [0.2, 0.25) is 0 Å². The van der Waals surface area contributed by atoms with E-state index in [2.05, 4.69) is 25.9 Å². The van der Waals surface area contributed by atoms with Gasteiger partial charge in [-0.3, -0.25) is 4.98 Å². The van der Waals surface area contributed by atoms with Crippen LogP contribution >= 0.6 is 15.9 Å². The SMILES string of the molecule is NCc1ccnc(Oc2cncc(Br)c2)c1. The first-order chi connectivity index (χ1) is 7.78. The van der Waals surface area contributed by atoms with Gasteiger partial charge in [-0.15, -0.1) is 0 Å². The van der Waals surface area contributed by atoms with Gasteiger partial charge in [0.25, 0.3) is 0 Å². The second-order valence-corrected chi connectivity index (χ2v) is 4.06. The zero-order chi connectivity index (χ0) is 11.4. The third kappa shape index (κ3) is 2.77. The average molecular weight is 280 g/mol. The summed E-state index contributed by atoms with van der Waals surface area (Å²) < 4.78 is 6.40. The zero-order valence-electron chi connectivity index (χ0n) is 8.43. The van der Waals surface area contributed by atoms with Crippen molar-refractivity contribution in [2.75, 3.05) is 0 Å². The second-order valence-electron chi connectivity index (χ2n) is 3.15. The average Bonchev–Trinajstić information content (AvgIpc) is 2.29. The van der Waals surface area contributed by atoms with Crippen molar-refractivity contribution in [3.63, 3.8) is 0 Å². The van der Waals surface area contributed by atoms with Crippen molar-refractivity contribution in [1.29, 1.82) is 0 Å². The highest BCUT2D eigenvalue weighted by Crippen LogP contribution is 2.21. The molecule has 0 aliphatic rings. The molecule has 0 unspecified atom stereocenters. The minimum Gasteiger partial charge on any atom is -0.437 e. The lowest BCUT2D eigenvalue weighted by Gasteiger charge is -2.05. The van der Waals surface area contributed by atoms with Crippen LogP contribution in [-0.4, -0.2) is 9.97 Å². The first-order valence-electron chi connectivity index (χ1n) is 4.71. The Morgan fingerprint density at radius 1 is 1.31 bits per heavy atom. The lowest BCUT2D eigenvalue weighted by Crippen LogP contribution is -1.97. The number of nitrogens with zero attached hydrogens (tertiary/aromatic N) is 2. The Kier molecular flexibility index (Phi) is 3.48. The number of rotatable bonds is 3. The van der Waals surface area contributed by atoms with Crippen LogP contribution in [-0.2, 0) is 6.54 Å². The Morgan fingerprint density at radius 3 is 2.94 bits per heavy atom.